The second kappa shape index (κ2) is 54.5. The summed E-state index contributed by atoms with van der Waals surface area (Å²) in [5, 5.41) is 0. The van der Waals surface area contributed by atoms with E-state index in [-0.39, 0.29) is 31.1 Å². The van der Waals surface area contributed by atoms with E-state index in [1.165, 1.54) is 199 Å². The van der Waals surface area contributed by atoms with Crippen LogP contribution >= 0.6 is 0 Å². The van der Waals surface area contributed by atoms with Gasteiger partial charge < -0.3 is 14.2 Å². The molecule has 382 valence electrons. The van der Waals surface area contributed by atoms with Crippen LogP contribution in [-0.2, 0) is 28.6 Å². The number of carbonyl (C=O) groups excluding carboxylic acids is 3. The first-order chi connectivity index (χ1) is 32.0. The monoisotopic (exact) mass is 915 g/mol. The largest absolute Gasteiger partial charge is 0.462 e. The van der Waals surface area contributed by atoms with E-state index in [9.17, 15) is 14.4 Å². The van der Waals surface area contributed by atoms with Gasteiger partial charge in [-0.1, -0.05) is 257 Å². The average molecular weight is 916 g/mol. The van der Waals surface area contributed by atoms with Gasteiger partial charge in [0.1, 0.15) is 13.2 Å². The van der Waals surface area contributed by atoms with Crippen molar-refractivity contribution in [1.82, 2.24) is 0 Å². The lowest BCUT2D eigenvalue weighted by Crippen LogP contribution is -2.30. The number of hydrogen-bond donors (Lipinski definition) is 0. The Morgan fingerprint density at radius 3 is 0.831 bits per heavy atom. The van der Waals surface area contributed by atoms with Crippen molar-refractivity contribution in [2.45, 2.75) is 322 Å². The highest BCUT2D eigenvalue weighted by atomic mass is 16.6. The molecule has 0 radical (unpaired) electrons. The highest BCUT2D eigenvalue weighted by molar-refractivity contribution is 5.71. The van der Waals surface area contributed by atoms with Crippen LogP contribution < -0.4 is 0 Å². The van der Waals surface area contributed by atoms with E-state index in [0.717, 1.165) is 77.0 Å². The van der Waals surface area contributed by atoms with Crippen LogP contribution in [0.3, 0.4) is 0 Å². The number of esters is 3. The molecule has 65 heavy (non-hydrogen) atoms. The summed E-state index contributed by atoms with van der Waals surface area (Å²) in [6.45, 7) is 6.61. The van der Waals surface area contributed by atoms with Crippen LogP contribution in [-0.4, -0.2) is 37.2 Å². The predicted octanol–water partition coefficient (Wildman–Crippen LogP) is 19.1. The summed E-state index contributed by atoms with van der Waals surface area (Å²) < 4.78 is 16.8. The van der Waals surface area contributed by atoms with E-state index in [0.29, 0.717) is 19.3 Å². The minimum Gasteiger partial charge on any atom is -0.462 e. The molecule has 0 spiro atoms. The Bertz CT molecular complexity index is 1050. The average Bonchev–Trinajstić information content (AvgIpc) is 3.30. The van der Waals surface area contributed by atoms with Gasteiger partial charge in [-0.05, 0) is 64.2 Å². The summed E-state index contributed by atoms with van der Waals surface area (Å²) in [5.41, 5.74) is 0. The molecule has 6 nitrogen and oxygen atoms in total. The van der Waals surface area contributed by atoms with Crippen molar-refractivity contribution < 1.29 is 28.6 Å². The molecule has 1 unspecified atom stereocenters. The highest BCUT2D eigenvalue weighted by Gasteiger charge is 2.19. The zero-order valence-electron chi connectivity index (χ0n) is 43.8. The summed E-state index contributed by atoms with van der Waals surface area (Å²) in [7, 11) is 0. The summed E-state index contributed by atoms with van der Waals surface area (Å²) in [6.07, 6.45) is 63.2. The lowest BCUT2D eigenvalue weighted by atomic mass is 10.0. The normalized spacial score (nSPS) is 12.1. The van der Waals surface area contributed by atoms with Gasteiger partial charge in [0.05, 0.1) is 0 Å². The molecule has 0 bridgehead atoms. The molecule has 0 N–H and O–H groups in total. The molecule has 0 aromatic rings. The van der Waals surface area contributed by atoms with E-state index in [1.807, 2.05) is 0 Å². The van der Waals surface area contributed by atoms with Gasteiger partial charge in [-0.25, -0.2) is 0 Å². The molecule has 0 aliphatic rings. The van der Waals surface area contributed by atoms with Crippen molar-refractivity contribution in [2.75, 3.05) is 13.2 Å². The highest BCUT2D eigenvalue weighted by Crippen LogP contribution is 2.17. The van der Waals surface area contributed by atoms with E-state index < -0.39 is 6.10 Å². The molecular formula is C59H110O6. The zero-order chi connectivity index (χ0) is 47.2. The molecule has 6 heteroatoms. The molecule has 0 rings (SSSR count). The summed E-state index contributed by atoms with van der Waals surface area (Å²) >= 11 is 0. The van der Waals surface area contributed by atoms with Crippen LogP contribution in [0.1, 0.15) is 316 Å². The Hall–Kier alpha value is -2.11. The van der Waals surface area contributed by atoms with Gasteiger partial charge in [-0.3, -0.25) is 14.4 Å². The molecule has 0 fully saturated rings. The molecule has 0 saturated carbocycles. The summed E-state index contributed by atoms with van der Waals surface area (Å²) in [5.74, 6) is -0.875. The second-order valence-corrected chi connectivity index (χ2v) is 19.6. The minimum absolute atomic E-state index is 0.0731. The third-order valence-electron chi connectivity index (χ3n) is 12.9. The molecule has 0 aromatic carbocycles. The van der Waals surface area contributed by atoms with E-state index in [4.69, 9.17) is 14.2 Å². The third-order valence-corrected chi connectivity index (χ3v) is 12.9. The minimum atomic E-state index is -0.774. The lowest BCUT2D eigenvalue weighted by molar-refractivity contribution is -0.167. The first kappa shape index (κ1) is 62.9. The Labute approximate surface area is 404 Å². The molecular weight excluding hydrogens is 805 g/mol. The van der Waals surface area contributed by atoms with Gasteiger partial charge in [0.25, 0.3) is 0 Å². The molecule has 0 saturated heterocycles. The van der Waals surface area contributed by atoms with Gasteiger partial charge in [0.2, 0.25) is 0 Å². The molecule has 0 heterocycles. The molecule has 0 aliphatic carbocycles. The zero-order valence-corrected chi connectivity index (χ0v) is 43.8. The number of ether oxygens (including phenoxy) is 3. The number of carbonyl (C=O) groups is 3. The summed E-state index contributed by atoms with van der Waals surface area (Å²) in [4.78, 5) is 38.0. The van der Waals surface area contributed by atoms with Crippen molar-refractivity contribution in [2.24, 2.45) is 0 Å². The van der Waals surface area contributed by atoms with Gasteiger partial charge in [-0.15, -0.1) is 0 Å². The van der Waals surface area contributed by atoms with Gasteiger partial charge in [0, 0.05) is 19.3 Å². The number of unbranched alkanes of at least 4 members (excludes halogenated alkanes) is 38. The fourth-order valence-corrected chi connectivity index (χ4v) is 8.56. The fourth-order valence-electron chi connectivity index (χ4n) is 8.56. The first-order valence-corrected chi connectivity index (χ1v) is 28.8. The van der Waals surface area contributed by atoms with E-state index >= 15 is 0 Å². The van der Waals surface area contributed by atoms with Crippen molar-refractivity contribution in [1.29, 1.82) is 0 Å². The standard InChI is InChI=1S/C59H110O6/c1-4-7-10-13-16-19-22-24-26-28-29-30-31-32-34-35-37-40-43-46-49-52-58(61)64-55-56(54-63-57(60)51-48-45-42-39-21-18-15-12-9-6-3)65-59(62)53-50-47-44-41-38-36-33-27-25-23-20-17-14-11-8-5-2/h12,15,27,33,56H,4-11,13-14,16-26,28-32,34-55H2,1-3H3/b15-12-,33-27-. The molecule has 0 aromatic heterocycles. The molecule has 0 aliphatic heterocycles. The van der Waals surface area contributed by atoms with Crippen LogP contribution in [0.15, 0.2) is 24.3 Å². The van der Waals surface area contributed by atoms with Gasteiger partial charge >= 0.3 is 17.9 Å². The maximum absolute atomic E-state index is 12.8. The van der Waals surface area contributed by atoms with Crippen LogP contribution in [0.2, 0.25) is 0 Å². The SMILES string of the molecule is CCC/C=C\CCCCCCCC(=O)OCC(COC(=O)CCCCCCCCCCCCCCCCCCCCCCC)OC(=O)CCCCCCC/C=C\CCCCCCCCC. The van der Waals surface area contributed by atoms with Crippen LogP contribution in [0.5, 0.6) is 0 Å². The summed E-state index contributed by atoms with van der Waals surface area (Å²) in [6, 6.07) is 0. The number of hydrogen-bond acceptors (Lipinski definition) is 6. The second-order valence-electron chi connectivity index (χ2n) is 19.6. The topological polar surface area (TPSA) is 78.9 Å². The van der Waals surface area contributed by atoms with Crippen molar-refractivity contribution in [3.8, 4) is 0 Å². The van der Waals surface area contributed by atoms with Crippen LogP contribution in [0, 0.1) is 0 Å². The first-order valence-electron chi connectivity index (χ1n) is 28.8. The van der Waals surface area contributed by atoms with Crippen molar-refractivity contribution >= 4 is 17.9 Å². The number of rotatable bonds is 53. The van der Waals surface area contributed by atoms with Gasteiger partial charge in [-0.2, -0.15) is 0 Å². The van der Waals surface area contributed by atoms with Gasteiger partial charge in [0.15, 0.2) is 6.10 Å². The lowest BCUT2D eigenvalue weighted by Gasteiger charge is -2.18. The number of allylic oxidation sites excluding steroid dienone is 4. The molecule has 0 amide bonds. The fraction of sp³-hybridized carbons (Fsp3) is 0.881. The van der Waals surface area contributed by atoms with E-state index in [2.05, 4.69) is 45.1 Å². The molecule has 1 atom stereocenters. The quantitative estimate of drug-likeness (QED) is 0.0262. The Kier molecular flexibility index (Phi) is 52.7. The maximum atomic E-state index is 12.8. The van der Waals surface area contributed by atoms with Crippen molar-refractivity contribution in [3.63, 3.8) is 0 Å². The Morgan fingerprint density at radius 2 is 0.538 bits per heavy atom. The maximum Gasteiger partial charge on any atom is 0.306 e. The predicted molar refractivity (Wildman–Crippen MR) is 279 cm³/mol. The Morgan fingerprint density at radius 1 is 0.292 bits per heavy atom. The smallest absolute Gasteiger partial charge is 0.306 e. The van der Waals surface area contributed by atoms with Crippen molar-refractivity contribution in [3.05, 3.63) is 24.3 Å². The Balaban J connectivity index is 4.24. The van der Waals surface area contributed by atoms with Crippen LogP contribution in [0.25, 0.3) is 0 Å². The van der Waals surface area contributed by atoms with E-state index in [1.54, 1.807) is 0 Å². The third kappa shape index (κ3) is 52.7. The van der Waals surface area contributed by atoms with Crippen LogP contribution in [0.4, 0.5) is 0 Å².